The van der Waals surface area contributed by atoms with Crippen molar-refractivity contribution in [3.05, 3.63) is 99.2 Å². The Morgan fingerprint density at radius 3 is 2.24 bits per heavy atom. The molecule has 0 bridgehead atoms. The Balaban J connectivity index is 1.79. The summed E-state index contributed by atoms with van der Waals surface area (Å²) in [7, 11) is 0. The van der Waals surface area contributed by atoms with E-state index in [1.807, 2.05) is 67.6 Å². The average Bonchev–Trinajstić information content (AvgIpc) is 3.20. The maximum Gasteiger partial charge on any atom is 0.353 e. The lowest BCUT2D eigenvalue weighted by Crippen LogP contribution is -2.23. The third-order valence-corrected chi connectivity index (χ3v) is 5.96. The van der Waals surface area contributed by atoms with E-state index in [1.54, 1.807) is 12.4 Å². The molecule has 7 nitrogen and oxygen atoms in total. The maximum absolute atomic E-state index is 13.3. The molecule has 0 aliphatic rings. The summed E-state index contributed by atoms with van der Waals surface area (Å²) in [6, 6.07) is 18.7. The van der Waals surface area contributed by atoms with Gasteiger partial charge in [0.05, 0.1) is 11.3 Å². The molecular formula is C25H20Cl2N6O. The maximum atomic E-state index is 13.3. The van der Waals surface area contributed by atoms with Crippen molar-refractivity contribution >= 4 is 34.8 Å². The van der Waals surface area contributed by atoms with Gasteiger partial charge in [-0.1, -0.05) is 53.5 Å². The first-order chi connectivity index (χ1) is 16.5. The summed E-state index contributed by atoms with van der Waals surface area (Å²) >= 11 is 12.3. The summed E-state index contributed by atoms with van der Waals surface area (Å²) < 4.78 is 2.94. The van der Waals surface area contributed by atoms with E-state index in [0.29, 0.717) is 40.4 Å². The van der Waals surface area contributed by atoms with Gasteiger partial charge in [0.25, 0.3) is 0 Å². The first-order valence-corrected chi connectivity index (χ1v) is 11.5. The van der Waals surface area contributed by atoms with Crippen LogP contribution in [-0.2, 0) is 13.1 Å². The van der Waals surface area contributed by atoms with Gasteiger partial charge in [-0.3, -0.25) is 4.98 Å². The molecule has 0 aliphatic carbocycles. The van der Waals surface area contributed by atoms with Gasteiger partial charge in [0, 0.05) is 41.1 Å². The summed E-state index contributed by atoms with van der Waals surface area (Å²) in [5.41, 5.74) is 4.30. The van der Waals surface area contributed by atoms with Gasteiger partial charge in [0.15, 0.2) is 5.65 Å². The molecule has 5 aromatic rings. The molecule has 170 valence electrons. The minimum atomic E-state index is -0.267. The molecule has 0 atom stereocenters. The number of aromatic nitrogens is 5. The number of benzene rings is 2. The van der Waals surface area contributed by atoms with Gasteiger partial charge in [-0.2, -0.15) is 0 Å². The van der Waals surface area contributed by atoms with Gasteiger partial charge >= 0.3 is 5.69 Å². The smallest absolute Gasteiger partial charge is 0.351 e. The Morgan fingerprint density at radius 2 is 1.62 bits per heavy atom. The van der Waals surface area contributed by atoms with Crippen molar-refractivity contribution in [3.63, 3.8) is 0 Å². The number of aryl methyl sites for hydroxylation is 1. The first-order valence-electron chi connectivity index (χ1n) is 10.7. The van der Waals surface area contributed by atoms with Crippen LogP contribution < -0.4 is 11.0 Å². The van der Waals surface area contributed by atoms with Crippen molar-refractivity contribution in [3.8, 4) is 22.4 Å². The van der Waals surface area contributed by atoms with Gasteiger partial charge in [-0.25, -0.2) is 18.9 Å². The van der Waals surface area contributed by atoms with Crippen molar-refractivity contribution in [2.45, 2.75) is 20.0 Å². The third-order valence-electron chi connectivity index (χ3n) is 5.45. The van der Waals surface area contributed by atoms with Crippen LogP contribution in [0.2, 0.25) is 10.0 Å². The lowest BCUT2D eigenvalue weighted by Gasteiger charge is -2.15. The summed E-state index contributed by atoms with van der Waals surface area (Å²) in [6.07, 6.45) is 3.49. The van der Waals surface area contributed by atoms with Crippen molar-refractivity contribution in [2.75, 3.05) is 5.32 Å². The molecule has 0 spiro atoms. The molecule has 0 amide bonds. The summed E-state index contributed by atoms with van der Waals surface area (Å²) in [5, 5.41) is 9.21. The first kappa shape index (κ1) is 22.1. The second-order valence-electron chi connectivity index (χ2n) is 7.64. The fraction of sp³-hybridized carbons (Fsp3) is 0.120. The van der Waals surface area contributed by atoms with E-state index in [9.17, 15) is 4.79 Å². The molecule has 0 saturated heterocycles. The Hall–Kier alpha value is -3.68. The van der Waals surface area contributed by atoms with E-state index >= 15 is 0 Å². The van der Waals surface area contributed by atoms with Crippen molar-refractivity contribution < 1.29 is 0 Å². The number of anilines is 1. The van der Waals surface area contributed by atoms with Crippen LogP contribution in [0.25, 0.3) is 28.0 Å². The summed E-state index contributed by atoms with van der Waals surface area (Å²) in [5.74, 6) is 0.395. The highest BCUT2D eigenvalue weighted by Gasteiger charge is 2.22. The molecule has 34 heavy (non-hydrogen) atoms. The minimum absolute atomic E-state index is 0.267. The Labute approximate surface area is 205 Å². The van der Waals surface area contributed by atoms with Gasteiger partial charge < -0.3 is 5.32 Å². The largest absolute Gasteiger partial charge is 0.353 e. The van der Waals surface area contributed by atoms with Gasteiger partial charge in [-0.05, 0) is 48.4 Å². The molecule has 1 N–H and O–H groups in total. The van der Waals surface area contributed by atoms with E-state index in [2.05, 4.69) is 15.4 Å². The van der Waals surface area contributed by atoms with Crippen LogP contribution >= 0.6 is 23.2 Å². The van der Waals surface area contributed by atoms with Crippen molar-refractivity contribution in [1.82, 2.24) is 24.1 Å². The fourth-order valence-corrected chi connectivity index (χ4v) is 4.04. The molecule has 3 heterocycles. The van der Waals surface area contributed by atoms with Crippen molar-refractivity contribution in [1.29, 1.82) is 0 Å². The highest BCUT2D eigenvalue weighted by Crippen LogP contribution is 2.35. The van der Waals surface area contributed by atoms with E-state index in [1.165, 1.54) is 9.08 Å². The second-order valence-corrected chi connectivity index (χ2v) is 8.52. The monoisotopic (exact) mass is 490 g/mol. The fourth-order valence-electron chi connectivity index (χ4n) is 3.79. The Kier molecular flexibility index (Phi) is 6.04. The molecule has 3 aromatic heterocycles. The number of fused-ring (bicyclic) bond motifs is 1. The molecule has 9 heteroatoms. The van der Waals surface area contributed by atoms with Crippen molar-refractivity contribution in [2.24, 2.45) is 0 Å². The van der Waals surface area contributed by atoms with Gasteiger partial charge in [-0.15, -0.1) is 5.10 Å². The van der Waals surface area contributed by atoms with Crippen LogP contribution in [0.15, 0.2) is 77.9 Å². The van der Waals surface area contributed by atoms with E-state index in [4.69, 9.17) is 28.2 Å². The van der Waals surface area contributed by atoms with Crippen LogP contribution in [0, 0.1) is 0 Å². The molecule has 0 aliphatic heterocycles. The van der Waals surface area contributed by atoms with Crippen LogP contribution in [-0.4, -0.2) is 24.1 Å². The molecular weight excluding hydrogens is 471 g/mol. The topological polar surface area (TPSA) is 77.1 Å². The second kappa shape index (κ2) is 9.29. The number of hydrogen-bond acceptors (Lipinski definition) is 5. The zero-order valence-corrected chi connectivity index (χ0v) is 19.8. The number of pyridine rings is 1. The van der Waals surface area contributed by atoms with Gasteiger partial charge in [0.1, 0.15) is 0 Å². The predicted molar refractivity (Wildman–Crippen MR) is 135 cm³/mol. The lowest BCUT2D eigenvalue weighted by molar-refractivity contribution is 0.633. The number of nitrogens with zero attached hydrogens (tertiary/aromatic N) is 5. The minimum Gasteiger partial charge on any atom is -0.351 e. The van der Waals surface area contributed by atoms with Crippen LogP contribution in [0.4, 0.5) is 5.95 Å². The summed E-state index contributed by atoms with van der Waals surface area (Å²) in [6.45, 7) is 2.75. The molecule has 0 saturated carbocycles. The number of rotatable bonds is 6. The number of halogens is 2. The highest BCUT2D eigenvalue weighted by molar-refractivity contribution is 6.31. The molecule has 5 rings (SSSR count). The van der Waals surface area contributed by atoms with E-state index in [-0.39, 0.29) is 5.69 Å². The Morgan fingerprint density at radius 1 is 0.941 bits per heavy atom. The molecule has 2 aromatic carbocycles. The molecule has 0 radical (unpaired) electrons. The quantitative estimate of drug-likeness (QED) is 0.337. The Bertz CT molecular complexity index is 1510. The number of hydrogen-bond donors (Lipinski definition) is 1. The standard InChI is InChI=1S/C25H20Cl2N6O/c1-2-32-25(34)33-23(31-32)21(17-5-9-19(26)10-6-17)22(18-7-11-20(27)12-8-18)30-24(33)29-15-16-4-3-13-28-14-16/h3-14H,2,15H2,1H3,(H,29,30). The highest BCUT2D eigenvalue weighted by atomic mass is 35.5. The SMILES string of the molecule is CCn1nc2c(-c3ccc(Cl)cc3)c(-c3ccc(Cl)cc3)nc(NCc3cccnc3)n2c1=O. The van der Waals surface area contributed by atoms with E-state index < -0.39 is 0 Å². The lowest BCUT2D eigenvalue weighted by atomic mass is 10.00. The number of nitrogens with one attached hydrogen (secondary N) is 1. The predicted octanol–water partition coefficient (Wildman–Crippen LogP) is 5.56. The zero-order valence-electron chi connectivity index (χ0n) is 18.2. The zero-order chi connectivity index (χ0) is 23.7. The van der Waals surface area contributed by atoms with Gasteiger partial charge in [0.2, 0.25) is 5.95 Å². The third kappa shape index (κ3) is 4.16. The summed E-state index contributed by atoms with van der Waals surface area (Å²) in [4.78, 5) is 22.3. The molecule has 0 fully saturated rings. The van der Waals surface area contributed by atoms with E-state index in [0.717, 1.165) is 22.3 Å². The van der Waals surface area contributed by atoms with Crippen LogP contribution in [0.3, 0.4) is 0 Å². The van der Waals surface area contributed by atoms with Crippen LogP contribution in [0.5, 0.6) is 0 Å². The average molecular weight is 491 g/mol. The normalized spacial score (nSPS) is 11.1. The van der Waals surface area contributed by atoms with Crippen LogP contribution in [0.1, 0.15) is 12.5 Å². The molecule has 0 unspecified atom stereocenters.